The van der Waals surface area contributed by atoms with Crippen LogP contribution in [0.25, 0.3) is 116 Å². The van der Waals surface area contributed by atoms with Gasteiger partial charge in [0.05, 0.1) is 22.3 Å². The Kier molecular flexibility index (Phi) is 6.24. The first kappa shape index (κ1) is 29.9. The van der Waals surface area contributed by atoms with Crippen LogP contribution in [0.3, 0.4) is 0 Å². The summed E-state index contributed by atoms with van der Waals surface area (Å²) >= 11 is 0. The molecule has 0 unspecified atom stereocenters. The van der Waals surface area contributed by atoms with Crippen LogP contribution in [0.5, 0.6) is 0 Å². The lowest BCUT2D eigenvalue weighted by Crippen LogP contribution is -2.00. The van der Waals surface area contributed by atoms with Crippen molar-refractivity contribution in [3.05, 3.63) is 170 Å². The van der Waals surface area contributed by atoms with E-state index in [2.05, 4.69) is 114 Å². The second kappa shape index (κ2) is 11.5. The van der Waals surface area contributed by atoms with E-state index in [9.17, 15) is 0 Å². The van der Waals surface area contributed by atoms with Crippen molar-refractivity contribution in [2.45, 2.75) is 0 Å². The second-order valence-electron chi connectivity index (χ2n) is 13.9. The fourth-order valence-corrected chi connectivity index (χ4v) is 8.45. The highest BCUT2D eigenvalue weighted by molar-refractivity contribution is 6.24. The number of benzene rings is 8. The molecule has 8 aromatic carbocycles. The molecule has 0 atom stereocenters. The highest BCUT2D eigenvalue weighted by Gasteiger charge is 2.24. The van der Waals surface area contributed by atoms with Crippen molar-refractivity contribution in [3.63, 3.8) is 0 Å². The molecule has 6 heteroatoms. The average Bonchev–Trinajstić information content (AvgIpc) is 3.94. The number of nitrogens with zero attached hydrogens (tertiary/aromatic N) is 4. The van der Waals surface area contributed by atoms with E-state index in [1.807, 2.05) is 60.7 Å². The molecule has 4 heterocycles. The second-order valence-corrected chi connectivity index (χ2v) is 13.9. The monoisotopic (exact) mass is 704 g/mol. The predicted octanol–water partition coefficient (Wildman–Crippen LogP) is 12.9. The Labute approximate surface area is 313 Å². The van der Waals surface area contributed by atoms with Gasteiger partial charge in [-0.2, -0.15) is 0 Å². The van der Waals surface area contributed by atoms with Gasteiger partial charge in [0.15, 0.2) is 23.1 Å². The summed E-state index contributed by atoms with van der Waals surface area (Å²) in [5.41, 5.74) is 8.91. The molecule has 0 fully saturated rings. The van der Waals surface area contributed by atoms with E-state index >= 15 is 0 Å². The average molecular weight is 705 g/mol. The van der Waals surface area contributed by atoms with Crippen LogP contribution in [0.15, 0.2) is 179 Å². The first-order valence-corrected chi connectivity index (χ1v) is 18.4. The summed E-state index contributed by atoms with van der Waals surface area (Å²) in [6, 6.07) is 58.4. The molecule has 0 radical (unpaired) electrons. The van der Waals surface area contributed by atoms with Crippen LogP contribution in [0.2, 0.25) is 0 Å². The SMILES string of the molecule is c1ccc(-c2nc(-c3cc4ccccc4c4c3oc3c(-n5c6ccccc6c6ccccc65)cccc34)nc(-c3cccc4oc5ccccc5c34)n2)cc1. The normalized spacial score (nSPS) is 12.0. The Balaban J connectivity index is 1.18. The summed E-state index contributed by atoms with van der Waals surface area (Å²) in [6.45, 7) is 0. The third-order valence-electron chi connectivity index (χ3n) is 10.8. The first-order chi connectivity index (χ1) is 27.3. The fourth-order valence-electron chi connectivity index (χ4n) is 8.45. The Hall–Kier alpha value is -7.57. The number of hydrogen-bond donors (Lipinski definition) is 0. The van der Waals surface area contributed by atoms with Gasteiger partial charge in [-0.25, -0.2) is 15.0 Å². The molecule has 55 heavy (non-hydrogen) atoms. The highest BCUT2D eigenvalue weighted by atomic mass is 16.3. The van der Waals surface area contributed by atoms with Crippen molar-refractivity contribution < 1.29 is 8.83 Å². The van der Waals surface area contributed by atoms with Crippen molar-refractivity contribution in [1.29, 1.82) is 0 Å². The molecule has 12 rings (SSSR count). The van der Waals surface area contributed by atoms with E-state index in [0.717, 1.165) is 88.1 Å². The lowest BCUT2D eigenvalue weighted by molar-refractivity contribution is 0.667. The Morgan fingerprint density at radius 2 is 0.982 bits per heavy atom. The van der Waals surface area contributed by atoms with Crippen LogP contribution in [-0.4, -0.2) is 19.5 Å². The Morgan fingerprint density at radius 3 is 1.78 bits per heavy atom. The van der Waals surface area contributed by atoms with E-state index in [1.165, 1.54) is 10.8 Å². The van der Waals surface area contributed by atoms with E-state index in [-0.39, 0.29) is 0 Å². The van der Waals surface area contributed by atoms with Crippen LogP contribution in [0.1, 0.15) is 0 Å². The summed E-state index contributed by atoms with van der Waals surface area (Å²) in [5, 5.41) is 8.61. The van der Waals surface area contributed by atoms with Crippen molar-refractivity contribution in [3.8, 4) is 39.9 Å². The molecule has 6 nitrogen and oxygen atoms in total. The zero-order valence-electron chi connectivity index (χ0n) is 29.3. The molecule has 0 bridgehead atoms. The first-order valence-electron chi connectivity index (χ1n) is 18.4. The number of para-hydroxylation sites is 4. The van der Waals surface area contributed by atoms with Gasteiger partial charge < -0.3 is 13.4 Å². The minimum atomic E-state index is 0.530. The van der Waals surface area contributed by atoms with Gasteiger partial charge in [0.2, 0.25) is 0 Å². The van der Waals surface area contributed by atoms with Gasteiger partial charge in [-0.15, -0.1) is 0 Å². The summed E-state index contributed by atoms with van der Waals surface area (Å²) in [6.07, 6.45) is 0. The molecule has 0 saturated carbocycles. The number of fused-ring (bicyclic) bond motifs is 11. The summed E-state index contributed by atoms with van der Waals surface area (Å²) in [4.78, 5) is 15.6. The van der Waals surface area contributed by atoms with Crippen molar-refractivity contribution in [1.82, 2.24) is 19.5 Å². The summed E-state index contributed by atoms with van der Waals surface area (Å²) in [5.74, 6) is 1.67. The van der Waals surface area contributed by atoms with E-state index in [4.69, 9.17) is 23.8 Å². The molecule has 0 saturated heterocycles. The number of hydrogen-bond acceptors (Lipinski definition) is 5. The fraction of sp³-hybridized carbons (Fsp3) is 0. The smallest absolute Gasteiger partial charge is 0.167 e. The van der Waals surface area contributed by atoms with Gasteiger partial charge in [-0.3, -0.25) is 0 Å². The van der Waals surface area contributed by atoms with Gasteiger partial charge in [0, 0.05) is 43.4 Å². The van der Waals surface area contributed by atoms with E-state index in [1.54, 1.807) is 0 Å². The standard InChI is InChI=1S/C49H28N4O2/c1-2-14-29(15-3-1)47-50-48(36-22-13-27-42-43(36)34-20-8-11-26-41(34)54-42)52-49(51-47)37-28-30-16-4-5-17-31(30)44-35-21-12-25-40(45(35)55-46(37)44)53-38-23-9-6-18-32(38)33-19-7-10-24-39(33)53/h1-28H. The van der Waals surface area contributed by atoms with Crippen LogP contribution in [-0.2, 0) is 0 Å². The van der Waals surface area contributed by atoms with Crippen molar-refractivity contribution >= 4 is 76.5 Å². The summed E-state index contributed by atoms with van der Waals surface area (Å²) < 4.78 is 15.8. The minimum absolute atomic E-state index is 0.530. The Bertz CT molecular complexity index is 3450. The van der Waals surface area contributed by atoms with Gasteiger partial charge in [-0.05, 0) is 47.2 Å². The maximum Gasteiger partial charge on any atom is 0.167 e. The molecule has 4 aromatic heterocycles. The van der Waals surface area contributed by atoms with Gasteiger partial charge >= 0.3 is 0 Å². The van der Waals surface area contributed by atoms with Crippen molar-refractivity contribution in [2.24, 2.45) is 0 Å². The lowest BCUT2D eigenvalue weighted by atomic mass is 9.99. The number of rotatable bonds is 4. The number of furan rings is 2. The summed E-state index contributed by atoms with van der Waals surface area (Å²) in [7, 11) is 0. The van der Waals surface area contributed by atoms with Crippen LogP contribution in [0.4, 0.5) is 0 Å². The maximum atomic E-state index is 7.17. The lowest BCUT2D eigenvalue weighted by Gasteiger charge is -2.10. The molecule has 0 aliphatic rings. The molecule has 0 aliphatic carbocycles. The molecular formula is C49H28N4O2. The molecule has 12 aromatic rings. The minimum Gasteiger partial charge on any atom is -0.456 e. The third kappa shape index (κ3) is 4.39. The van der Waals surface area contributed by atoms with Crippen LogP contribution < -0.4 is 0 Å². The quantitative estimate of drug-likeness (QED) is 0.182. The highest BCUT2D eigenvalue weighted by Crippen LogP contribution is 2.44. The van der Waals surface area contributed by atoms with Crippen molar-refractivity contribution in [2.75, 3.05) is 0 Å². The molecular weight excluding hydrogens is 677 g/mol. The predicted molar refractivity (Wildman–Crippen MR) is 223 cm³/mol. The van der Waals surface area contributed by atoms with Gasteiger partial charge in [0.25, 0.3) is 0 Å². The largest absolute Gasteiger partial charge is 0.456 e. The van der Waals surface area contributed by atoms with Crippen LogP contribution >= 0.6 is 0 Å². The maximum absolute atomic E-state index is 7.17. The Morgan fingerprint density at radius 1 is 0.382 bits per heavy atom. The molecule has 0 N–H and O–H groups in total. The number of aromatic nitrogens is 4. The molecule has 0 aliphatic heterocycles. The van der Waals surface area contributed by atoms with E-state index in [0.29, 0.717) is 17.5 Å². The van der Waals surface area contributed by atoms with Gasteiger partial charge in [0.1, 0.15) is 16.7 Å². The third-order valence-corrected chi connectivity index (χ3v) is 10.8. The topological polar surface area (TPSA) is 69.9 Å². The molecule has 256 valence electrons. The molecule has 0 spiro atoms. The zero-order valence-corrected chi connectivity index (χ0v) is 29.3. The molecule has 0 amide bonds. The van der Waals surface area contributed by atoms with Gasteiger partial charge in [-0.1, -0.05) is 133 Å². The van der Waals surface area contributed by atoms with E-state index < -0.39 is 0 Å². The zero-order chi connectivity index (χ0) is 36.0. The van der Waals surface area contributed by atoms with Crippen LogP contribution in [0, 0.1) is 0 Å².